The van der Waals surface area contributed by atoms with Crippen LogP contribution in [0.15, 0.2) is 10.9 Å². The topological polar surface area (TPSA) is 83.8 Å². The van der Waals surface area contributed by atoms with Crippen LogP contribution in [0.25, 0.3) is 0 Å². The van der Waals surface area contributed by atoms with Crippen molar-refractivity contribution in [3.8, 4) is 0 Å². The monoisotopic (exact) mass is 284 g/mol. The molecule has 2 aromatic heterocycles. The van der Waals surface area contributed by atoms with E-state index in [1.165, 1.54) is 17.7 Å². The van der Waals surface area contributed by atoms with Crippen LogP contribution >= 0.6 is 23.6 Å². The molecule has 0 spiro atoms. The minimum absolute atomic E-state index is 0.0390. The molecule has 2 N–H and O–H groups in total. The molecule has 0 atom stereocenters. The Morgan fingerprint density at radius 1 is 1.67 bits per heavy atom. The summed E-state index contributed by atoms with van der Waals surface area (Å²) >= 11 is 6.45. The fourth-order valence-electron chi connectivity index (χ4n) is 1.43. The molecule has 0 saturated carbocycles. The van der Waals surface area contributed by atoms with E-state index in [1.54, 1.807) is 0 Å². The molecule has 8 heteroatoms. The molecule has 2 aromatic rings. The number of rotatable bonds is 5. The van der Waals surface area contributed by atoms with Crippen molar-refractivity contribution in [1.29, 1.82) is 0 Å². The summed E-state index contributed by atoms with van der Waals surface area (Å²) in [6.45, 7) is 2.39. The molecule has 0 aliphatic rings. The van der Waals surface area contributed by atoms with Gasteiger partial charge in [0.15, 0.2) is 10.3 Å². The van der Waals surface area contributed by atoms with Gasteiger partial charge in [-0.05, 0) is 19.1 Å². The van der Waals surface area contributed by atoms with Gasteiger partial charge in [0, 0.05) is 23.5 Å². The van der Waals surface area contributed by atoms with Gasteiger partial charge in [-0.2, -0.15) is 4.98 Å². The van der Waals surface area contributed by atoms with E-state index in [0.717, 1.165) is 10.6 Å². The Balaban J connectivity index is 1.79. The molecule has 0 bridgehead atoms. The van der Waals surface area contributed by atoms with E-state index in [0.29, 0.717) is 29.2 Å². The number of hydrogen-bond donors (Lipinski definition) is 2. The van der Waals surface area contributed by atoms with Crippen molar-refractivity contribution in [1.82, 2.24) is 20.4 Å². The van der Waals surface area contributed by atoms with Crippen LogP contribution in [-0.4, -0.2) is 27.6 Å². The first kappa shape index (κ1) is 12.9. The smallest absolute Gasteiger partial charge is 0.228 e. The second kappa shape index (κ2) is 5.87. The average molecular weight is 284 g/mol. The lowest BCUT2D eigenvalue weighted by molar-refractivity contribution is -0.120. The van der Waals surface area contributed by atoms with Crippen molar-refractivity contribution in [2.75, 3.05) is 6.54 Å². The number of H-pyrrole nitrogens is 1. The zero-order chi connectivity index (χ0) is 13.0. The maximum absolute atomic E-state index is 11.7. The second-order valence-electron chi connectivity index (χ2n) is 3.67. The number of thiazole rings is 1. The van der Waals surface area contributed by atoms with Crippen LogP contribution in [0.3, 0.4) is 0 Å². The number of nitrogens with one attached hydrogen (secondary N) is 2. The number of carbonyl (C=O) groups is 1. The molecule has 2 heterocycles. The van der Waals surface area contributed by atoms with Gasteiger partial charge in [0.1, 0.15) is 0 Å². The standard InChI is InChI=1S/C10H12N4O2S2/c1-6-7(18-10(17)14-6)4-8(15)11-3-2-9-12-5-13-16-9/h5H,2-4H2,1H3,(H,11,15)(H,14,17). The third-order valence-electron chi connectivity index (χ3n) is 2.31. The third kappa shape index (κ3) is 3.47. The summed E-state index contributed by atoms with van der Waals surface area (Å²) in [6.07, 6.45) is 2.22. The molecule has 0 radical (unpaired) electrons. The zero-order valence-electron chi connectivity index (χ0n) is 9.73. The number of amides is 1. The van der Waals surface area contributed by atoms with Crippen LogP contribution < -0.4 is 5.32 Å². The highest BCUT2D eigenvalue weighted by Gasteiger charge is 2.08. The normalized spacial score (nSPS) is 10.5. The minimum atomic E-state index is -0.0390. The predicted molar refractivity (Wildman–Crippen MR) is 69.0 cm³/mol. The van der Waals surface area contributed by atoms with Gasteiger partial charge in [-0.3, -0.25) is 4.79 Å². The molecule has 0 fully saturated rings. The fraction of sp³-hybridized carbons (Fsp3) is 0.400. The minimum Gasteiger partial charge on any atom is -0.355 e. The molecule has 96 valence electrons. The Bertz CT molecular complexity index is 573. The molecule has 18 heavy (non-hydrogen) atoms. The van der Waals surface area contributed by atoms with Crippen LogP contribution in [0.2, 0.25) is 0 Å². The molecule has 0 saturated heterocycles. The van der Waals surface area contributed by atoms with Gasteiger partial charge in [0.05, 0.1) is 6.42 Å². The molecule has 0 aliphatic heterocycles. The maximum Gasteiger partial charge on any atom is 0.228 e. The Kier molecular flexibility index (Phi) is 4.21. The van der Waals surface area contributed by atoms with Crippen molar-refractivity contribution < 1.29 is 9.32 Å². The Morgan fingerprint density at radius 2 is 2.50 bits per heavy atom. The number of aromatic nitrogens is 3. The van der Waals surface area contributed by atoms with E-state index in [4.69, 9.17) is 16.7 Å². The van der Waals surface area contributed by atoms with E-state index >= 15 is 0 Å². The van der Waals surface area contributed by atoms with Crippen LogP contribution in [0, 0.1) is 10.9 Å². The molecule has 1 amide bonds. The maximum atomic E-state index is 11.7. The lowest BCUT2D eigenvalue weighted by Gasteiger charge is -2.02. The van der Waals surface area contributed by atoms with E-state index < -0.39 is 0 Å². The van der Waals surface area contributed by atoms with Gasteiger partial charge in [-0.25, -0.2) is 0 Å². The highest BCUT2D eigenvalue weighted by Crippen LogP contribution is 2.14. The quantitative estimate of drug-likeness (QED) is 0.811. The summed E-state index contributed by atoms with van der Waals surface area (Å²) in [6, 6.07) is 0. The van der Waals surface area contributed by atoms with Crippen molar-refractivity contribution in [3.63, 3.8) is 0 Å². The Hall–Kier alpha value is -1.54. The van der Waals surface area contributed by atoms with Crippen LogP contribution in [0.4, 0.5) is 0 Å². The van der Waals surface area contributed by atoms with Gasteiger partial charge in [0.25, 0.3) is 0 Å². The molecular weight excluding hydrogens is 272 g/mol. The number of nitrogens with zero attached hydrogens (tertiary/aromatic N) is 2. The summed E-state index contributed by atoms with van der Waals surface area (Å²) in [7, 11) is 0. The second-order valence-corrected chi connectivity index (χ2v) is 5.45. The van der Waals surface area contributed by atoms with Gasteiger partial charge in [-0.1, -0.05) is 5.16 Å². The summed E-state index contributed by atoms with van der Waals surface area (Å²) in [4.78, 5) is 19.5. The van der Waals surface area contributed by atoms with E-state index in [9.17, 15) is 4.79 Å². The lowest BCUT2D eigenvalue weighted by atomic mass is 10.3. The predicted octanol–water partition coefficient (Wildman–Crippen LogP) is 1.40. The van der Waals surface area contributed by atoms with Crippen LogP contribution in [-0.2, 0) is 17.6 Å². The fourth-order valence-corrected chi connectivity index (χ4v) is 2.72. The van der Waals surface area contributed by atoms with Crippen LogP contribution in [0.5, 0.6) is 0 Å². The van der Waals surface area contributed by atoms with Crippen molar-refractivity contribution in [2.24, 2.45) is 0 Å². The lowest BCUT2D eigenvalue weighted by Crippen LogP contribution is -2.27. The molecule has 2 rings (SSSR count). The molecule has 0 aliphatic carbocycles. The molecule has 0 unspecified atom stereocenters. The van der Waals surface area contributed by atoms with Gasteiger partial charge >= 0.3 is 0 Å². The first-order valence-corrected chi connectivity index (χ1v) is 6.58. The molecule has 6 nitrogen and oxygen atoms in total. The first-order valence-electron chi connectivity index (χ1n) is 5.36. The number of aryl methyl sites for hydroxylation is 1. The van der Waals surface area contributed by atoms with Crippen LogP contribution in [0.1, 0.15) is 16.5 Å². The van der Waals surface area contributed by atoms with Crippen molar-refractivity contribution in [2.45, 2.75) is 19.8 Å². The number of hydrogen-bond acceptors (Lipinski definition) is 6. The average Bonchev–Trinajstić information content (AvgIpc) is 2.90. The van der Waals surface area contributed by atoms with E-state index in [-0.39, 0.29) is 5.91 Å². The first-order chi connectivity index (χ1) is 8.65. The van der Waals surface area contributed by atoms with Crippen molar-refractivity contribution in [3.05, 3.63) is 26.7 Å². The Morgan fingerprint density at radius 3 is 3.11 bits per heavy atom. The van der Waals surface area contributed by atoms with Gasteiger partial charge in [-0.15, -0.1) is 11.3 Å². The third-order valence-corrected chi connectivity index (χ3v) is 3.65. The molecule has 0 aromatic carbocycles. The van der Waals surface area contributed by atoms with Crippen molar-refractivity contribution >= 4 is 29.5 Å². The Labute approximate surface area is 112 Å². The molecular formula is C10H12N4O2S2. The summed E-state index contributed by atoms with van der Waals surface area (Å²) < 4.78 is 5.52. The highest BCUT2D eigenvalue weighted by molar-refractivity contribution is 7.73. The number of carbonyl (C=O) groups excluding carboxylic acids is 1. The van der Waals surface area contributed by atoms with Gasteiger partial charge in [0.2, 0.25) is 11.8 Å². The van der Waals surface area contributed by atoms with E-state index in [2.05, 4.69) is 20.4 Å². The summed E-state index contributed by atoms with van der Waals surface area (Å²) in [5.41, 5.74) is 0.956. The summed E-state index contributed by atoms with van der Waals surface area (Å²) in [5, 5.41) is 6.29. The zero-order valence-corrected chi connectivity index (χ0v) is 11.4. The summed E-state index contributed by atoms with van der Waals surface area (Å²) in [5.74, 6) is 0.478. The van der Waals surface area contributed by atoms with Gasteiger partial charge < -0.3 is 14.8 Å². The largest absolute Gasteiger partial charge is 0.355 e. The number of aromatic amines is 1. The SMILES string of the molecule is Cc1[nH]c(=S)sc1CC(=O)NCCc1ncno1. The highest BCUT2D eigenvalue weighted by atomic mass is 32.1. The van der Waals surface area contributed by atoms with E-state index in [1.807, 2.05) is 6.92 Å².